The molecule has 2 aliphatic heterocycles. The van der Waals surface area contributed by atoms with Gasteiger partial charge in [-0.25, -0.2) is 4.98 Å². The second-order valence-electron chi connectivity index (χ2n) is 7.57. The van der Waals surface area contributed by atoms with Gasteiger partial charge in [0.2, 0.25) is 0 Å². The summed E-state index contributed by atoms with van der Waals surface area (Å²) in [5, 5.41) is 3.34. The number of carbonyl (C=O) groups excluding carboxylic acids is 1. The highest BCUT2D eigenvalue weighted by atomic mass is 16.5. The Morgan fingerprint density at radius 3 is 2.75 bits per heavy atom. The topological polar surface area (TPSA) is 57.7 Å². The fraction of sp³-hybridized carbons (Fsp3) is 0.455. The van der Waals surface area contributed by atoms with Gasteiger partial charge in [0, 0.05) is 45.0 Å². The molecule has 0 bridgehead atoms. The number of carbonyl (C=O) groups is 1. The minimum Gasteiger partial charge on any atom is -0.381 e. The average Bonchev–Trinajstić information content (AvgIpc) is 3.26. The van der Waals surface area contributed by atoms with Gasteiger partial charge in [-0.2, -0.15) is 0 Å². The molecule has 0 saturated carbocycles. The molecule has 2 fully saturated rings. The highest BCUT2D eigenvalue weighted by Gasteiger charge is 2.23. The molecule has 0 radical (unpaired) electrons. The molecule has 1 aromatic carbocycles. The Morgan fingerprint density at radius 2 is 2.07 bits per heavy atom. The van der Waals surface area contributed by atoms with Crippen LogP contribution in [0.4, 0.5) is 11.4 Å². The van der Waals surface area contributed by atoms with Crippen molar-refractivity contribution in [3.63, 3.8) is 0 Å². The van der Waals surface area contributed by atoms with Gasteiger partial charge in [-0.3, -0.25) is 4.79 Å². The van der Waals surface area contributed by atoms with Crippen LogP contribution in [0.25, 0.3) is 0 Å². The number of nitrogens with one attached hydrogen (secondary N) is 1. The maximum absolute atomic E-state index is 12.8. The van der Waals surface area contributed by atoms with Crippen LogP contribution < -0.4 is 10.2 Å². The quantitative estimate of drug-likeness (QED) is 0.864. The third-order valence-electron chi connectivity index (χ3n) is 5.47. The first kappa shape index (κ1) is 18.7. The Labute approximate surface area is 166 Å². The molecule has 1 atom stereocenters. The third-order valence-corrected chi connectivity index (χ3v) is 5.47. The number of piperazine rings is 1. The maximum Gasteiger partial charge on any atom is 0.272 e. The Morgan fingerprint density at radius 1 is 1.21 bits per heavy atom. The number of anilines is 2. The van der Waals surface area contributed by atoms with Crippen molar-refractivity contribution in [3.05, 3.63) is 53.9 Å². The summed E-state index contributed by atoms with van der Waals surface area (Å²) in [7, 11) is 0. The van der Waals surface area contributed by atoms with Gasteiger partial charge in [0.1, 0.15) is 5.69 Å². The number of aryl methyl sites for hydroxylation is 1. The van der Waals surface area contributed by atoms with Crippen LogP contribution in [0.5, 0.6) is 0 Å². The predicted molar refractivity (Wildman–Crippen MR) is 111 cm³/mol. The molecule has 1 aromatic heterocycles. The van der Waals surface area contributed by atoms with Gasteiger partial charge in [0.25, 0.3) is 5.91 Å². The van der Waals surface area contributed by atoms with E-state index in [0.717, 1.165) is 44.8 Å². The first-order chi connectivity index (χ1) is 13.7. The number of hydrogen-bond acceptors (Lipinski definition) is 5. The number of amides is 1. The van der Waals surface area contributed by atoms with Crippen molar-refractivity contribution < 1.29 is 9.53 Å². The smallest absolute Gasteiger partial charge is 0.272 e. The molecular formula is C22H28N4O2. The summed E-state index contributed by atoms with van der Waals surface area (Å²) in [5.41, 5.74) is 3.92. The lowest BCUT2D eigenvalue weighted by Crippen LogP contribution is -2.49. The van der Waals surface area contributed by atoms with Crippen molar-refractivity contribution >= 4 is 17.3 Å². The van der Waals surface area contributed by atoms with Crippen molar-refractivity contribution in [2.24, 2.45) is 0 Å². The van der Waals surface area contributed by atoms with E-state index in [1.807, 2.05) is 17.0 Å². The van der Waals surface area contributed by atoms with Crippen LogP contribution in [0.3, 0.4) is 0 Å². The molecule has 6 heteroatoms. The largest absolute Gasteiger partial charge is 0.381 e. The second kappa shape index (κ2) is 8.61. The lowest BCUT2D eigenvalue weighted by molar-refractivity contribution is 0.0741. The van der Waals surface area contributed by atoms with E-state index in [-0.39, 0.29) is 12.0 Å². The number of benzene rings is 1. The van der Waals surface area contributed by atoms with Crippen molar-refractivity contribution in [3.8, 4) is 0 Å². The van der Waals surface area contributed by atoms with Crippen LogP contribution in [0, 0.1) is 6.92 Å². The second-order valence-corrected chi connectivity index (χ2v) is 7.57. The zero-order valence-corrected chi connectivity index (χ0v) is 16.4. The molecule has 4 rings (SSSR count). The molecule has 3 heterocycles. The standard InChI is InChI=1S/C22H28N4O2/c1-17-4-2-5-19(14-17)25-9-11-26(12-10-25)22(27)21-8-7-18(15-24-21)23-16-20-6-3-13-28-20/h2,4-5,7-8,14-15,20,23H,3,6,9-13,16H2,1H3. The van der Waals surface area contributed by atoms with Crippen LogP contribution in [0.1, 0.15) is 28.9 Å². The molecule has 1 N–H and O–H groups in total. The molecule has 2 aromatic rings. The van der Waals surface area contributed by atoms with Crippen LogP contribution >= 0.6 is 0 Å². The summed E-state index contributed by atoms with van der Waals surface area (Å²) in [6, 6.07) is 12.3. The summed E-state index contributed by atoms with van der Waals surface area (Å²) in [4.78, 5) is 21.4. The minimum atomic E-state index is 0.00886. The van der Waals surface area contributed by atoms with Crippen molar-refractivity contribution in [2.45, 2.75) is 25.9 Å². The molecule has 0 spiro atoms. The number of pyridine rings is 1. The zero-order chi connectivity index (χ0) is 19.3. The monoisotopic (exact) mass is 380 g/mol. The highest BCUT2D eigenvalue weighted by Crippen LogP contribution is 2.19. The Balaban J connectivity index is 1.29. The summed E-state index contributed by atoms with van der Waals surface area (Å²) in [6.45, 7) is 6.87. The molecule has 148 valence electrons. The fourth-order valence-corrected chi connectivity index (χ4v) is 3.82. The van der Waals surface area contributed by atoms with Crippen molar-refractivity contribution in [1.29, 1.82) is 0 Å². The predicted octanol–water partition coefficient (Wildman–Crippen LogP) is 2.94. The molecule has 6 nitrogen and oxygen atoms in total. The Bertz CT molecular complexity index is 794. The molecule has 1 unspecified atom stereocenters. The number of ether oxygens (including phenoxy) is 1. The molecule has 28 heavy (non-hydrogen) atoms. The summed E-state index contributed by atoms with van der Waals surface area (Å²) >= 11 is 0. The van der Waals surface area contributed by atoms with Crippen molar-refractivity contribution in [2.75, 3.05) is 49.5 Å². The van der Waals surface area contributed by atoms with Crippen LogP contribution in [0.2, 0.25) is 0 Å². The first-order valence-corrected chi connectivity index (χ1v) is 10.1. The third kappa shape index (κ3) is 4.44. The molecule has 2 saturated heterocycles. The minimum absolute atomic E-state index is 0.00886. The van der Waals surface area contributed by atoms with Crippen LogP contribution in [-0.2, 0) is 4.74 Å². The van der Waals surface area contributed by atoms with E-state index < -0.39 is 0 Å². The molecule has 2 aliphatic rings. The highest BCUT2D eigenvalue weighted by molar-refractivity contribution is 5.92. The maximum atomic E-state index is 12.8. The van der Waals surface area contributed by atoms with E-state index in [1.165, 1.54) is 11.3 Å². The zero-order valence-electron chi connectivity index (χ0n) is 16.4. The van der Waals surface area contributed by atoms with Crippen LogP contribution in [-0.4, -0.2) is 61.2 Å². The number of aromatic nitrogens is 1. The summed E-state index contributed by atoms with van der Waals surface area (Å²) in [6.07, 6.45) is 4.26. The van der Waals surface area contributed by atoms with Gasteiger partial charge in [0.15, 0.2) is 0 Å². The van der Waals surface area contributed by atoms with Gasteiger partial charge in [-0.05, 0) is 49.6 Å². The first-order valence-electron chi connectivity index (χ1n) is 10.1. The van der Waals surface area contributed by atoms with E-state index >= 15 is 0 Å². The van der Waals surface area contributed by atoms with E-state index in [0.29, 0.717) is 18.8 Å². The van der Waals surface area contributed by atoms with Gasteiger partial charge in [-0.15, -0.1) is 0 Å². The average molecular weight is 380 g/mol. The Hall–Kier alpha value is -2.60. The number of rotatable bonds is 5. The number of nitrogens with zero attached hydrogens (tertiary/aromatic N) is 3. The van der Waals surface area contributed by atoms with Gasteiger partial charge < -0.3 is 19.9 Å². The molecule has 0 aliphatic carbocycles. The van der Waals surface area contributed by atoms with Crippen LogP contribution in [0.15, 0.2) is 42.6 Å². The van der Waals surface area contributed by atoms with E-state index in [9.17, 15) is 4.79 Å². The van der Waals surface area contributed by atoms with Crippen molar-refractivity contribution in [1.82, 2.24) is 9.88 Å². The van der Waals surface area contributed by atoms with E-state index in [1.54, 1.807) is 6.20 Å². The summed E-state index contributed by atoms with van der Waals surface area (Å²) < 4.78 is 5.62. The van der Waals surface area contributed by atoms with Gasteiger partial charge in [0.05, 0.1) is 18.0 Å². The van der Waals surface area contributed by atoms with Gasteiger partial charge >= 0.3 is 0 Å². The number of hydrogen-bond donors (Lipinski definition) is 1. The lowest BCUT2D eigenvalue weighted by atomic mass is 10.2. The molecular weight excluding hydrogens is 352 g/mol. The van der Waals surface area contributed by atoms with E-state index in [2.05, 4.69) is 46.4 Å². The fourth-order valence-electron chi connectivity index (χ4n) is 3.82. The Kier molecular flexibility index (Phi) is 5.76. The van der Waals surface area contributed by atoms with Gasteiger partial charge in [-0.1, -0.05) is 12.1 Å². The molecule has 1 amide bonds. The van der Waals surface area contributed by atoms with E-state index in [4.69, 9.17) is 4.74 Å². The lowest BCUT2D eigenvalue weighted by Gasteiger charge is -2.36. The SMILES string of the molecule is Cc1cccc(N2CCN(C(=O)c3ccc(NCC4CCCO4)cn3)CC2)c1. The summed E-state index contributed by atoms with van der Waals surface area (Å²) in [5.74, 6) is 0.00886. The normalized spacial score (nSPS) is 19.7.